The van der Waals surface area contributed by atoms with Crippen LogP contribution in [0.5, 0.6) is 5.75 Å². The third kappa shape index (κ3) is 2.98. The van der Waals surface area contributed by atoms with Crippen molar-refractivity contribution >= 4 is 23.1 Å². The van der Waals surface area contributed by atoms with Crippen molar-refractivity contribution in [1.29, 1.82) is 0 Å². The fourth-order valence-electron chi connectivity index (χ4n) is 2.00. The molecular weight excluding hydrogens is 258 g/mol. The lowest BCUT2D eigenvalue weighted by Gasteiger charge is -2.22. The molecule has 0 saturated heterocycles. The summed E-state index contributed by atoms with van der Waals surface area (Å²) in [6.07, 6.45) is 2.13. The standard InChI is InChI=1S/C12H12ClNO4/c13-8-4-5-12(11(6-8)14(16)17)18-10-3-1-2-9(15)7-10/h4-6,10H,1-3,7H2. The summed E-state index contributed by atoms with van der Waals surface area (Å²) in [4.78, 5) is 21.6. The Balaban J connectivity index is 2.17. The van der Waals surface area contributed by atoms with Gasteiger partial charge in [-0.25, -0.2) is 0 Å². The number of nitro groups is 1. The molecule has 0 amide bonds. The largest absolute Gasteiger partial charge is 0.483 e. The van der Waals surface area contributed by atoms with Crippen molar-refractivity contribution in [2.24, 2.45) is 0 Å². The van der Waals surface area contributed by atoms with Crippen LogP contribution in [0.1, 0.15) is 25.7 Å². The van der Waals surface area contributed by atoms with Gasteiger partial charge in [0.15, 0.2) is 5.75 Å². The van der Waals surface area contributed by atoms with E-state index < -0.39 is 4.92 Å². The zero-order valence-electron chi connectivity index (χ0n) is 9.60. The predicted octanol–water partition coefficient (Wildman–Crippen LogP) is 3.14. The number of halogens is 1. The molecule has 2 rings (SSSR count). The van der Waals surface area contributed by atoms with E-state index in [4.69, 9.17) is 16.3 Å². The normalized spacial score (nSPS) is 19.6. The molecule has 96 valence electrons. The van der Waals surface area contributed by atoms with Gasteiger partial charge < -0.3 is 4.74 Å². The number of Topliss-reactive ketones (excluding diaryl/α,β-unsaturated/α-hetero) is 1. The smallest absolute Gasteiger partial charge is 0.312 e. The molecule has 1 atom stereocenters. The van der Waals surface area contributed by atoms with Crippen LogP contribution < -0.4 is 4.74 Å². The number of ether oxygens (including phenoxy) is 1. The third-order valence-electron chi connectivity index (χ3n) is 2.85. The summed E-state index contributed by atoms with van der Waals surface area (Å²) in [6.45, 7) is 0. The van der Waals surface area contributed by atoms with Crippen molar-refractivity contribution in [1.82, 2.24) is 0 Å². The number of rotatable bonds is 3. The molecule has 0 bridgehead atoms. The van der Waals surface area contributed by atoms with Crippen LogP contribution in [0.15, 0.2) is 18.2 Å². The quantitative estimate of drug-likeness (QED) is 0.624. The lowest BCUT2D eigenvalue weighted by molar-refractivity contribution is -0.386. The van der Waals surface area contributed by atoms with E-state index in [1.807, 2.05) is 0 Å². The third-order valence-corrected chi connectivity index (χ3v) is 3.08. The average Bonchev–Trinajstić information content (AvgIpc) is 2.31. The van der Waals surface area contributed by atoms with E-state index in [0.717, 1.165) is 12.8 Å². The summed E-state index contributed by atoms with van der Waals surface area (Å²) in [5.74, 6) is 0.312. The fraction of sp³-hybridized carbons (Fsp3) is 0.417. The number of nitro benzene ring substituents is 1. The van der Waals surface area contributed by atoms with Crippen molar-refractivity contribution in [3.05, 3.63) is 33.3 Å². The summed E-state index contributed by atoms with van der Waals surface area (Å²) in [5, 5.41) is 11.2. The Kier molecular flexibility index (Phi) is 3.81. The predicted molar refractivity (Wildman–Crippen MR) is 66.0 cm³/mol. The van der Waals surface area contributed by atoms with Gasteiger partial charge >= 0.3 is 5.69 Å². The van der Waals surface area contributed by atoms with Gasteiger partial charge in [-0.1, -0.05) is 11.6 Å². The molecule has 0 radical (unpaired) electrons. The maximum atomic E-state index is 11.3. The van der Waals surface area contributed by atoms with Gasteiger partial charge in [0.05, 0.1) is 4.92 Å². The van der Waals surface area contributed by atoms with Gasteiger partial charge in [0, 0.05) is 23.9 Å². The van der Waals surface area contributed by atoms with Gasteiger partial charge in [-0.15, -0.1) is 0 Å². The summed E-state index contributed by atoms with van der Waals surface area (Å²) in [5.41, 5.74) is -0.166. The van der Waals surface area contributed by atoms with Crippen LogP contribution >= 0.6 is 11.6 Å². The van der Waals surface area contributed by atoms with Gasteiger partial charge in [-0.3, -0.25) is 14.9 Å². The van der Waals surface area contributed by atoms with E-state index in [0.29, 0.717) is 12.8 Å². The van der Waals surface area contributed by atoms with Crippen molar-refractivity contribution < 1.29 is 14.5 Å². The van der Waals surface area contributed by atoms with E-state index in [9.17, 15) is 14.9 Å². The lowest BCUT2D eigenvalue weighted by atomic mass is 9.96. The van der Waals surface area contributed by atoms with Crippen LogP contribution in [0.3, 0.4) is 0 Å². The second kappa shape index (κ2) is 5.35. The first-order valence-electron chi connectivity index (χ1n) is 5.68. The second-order valence-electron chi connectivity index (χ2n) is 4.24. The molecule has 0 spiro atoms. The molecule has 5 nitrogen and oxygen atoms in total. The Bertz CT molecular complexity index is 489. The molecule has 0 N–H and O–H groups in total. The molecule has 1 aliphatic rings. The summed E-state index contributed by atoms with van der Waals surface area (Å²) in [7, 11) is 0. The molecule has 1 aromatic carbocycles. The Morgan fingerprint density at radius 1 is 1.44 bits per heavy atom. The molecule has 6 heteroatoms. The molecule has 0 aliphatic heterocycles. The number of benzene rings is 1. The molecular formula is C12H12ClNO4. The topological polar surface area (TPSA) is 69.4 Å². The maximum Gasteiger partial charge on any atom is 0.312 e. The fourth-order valence-corrected chi connectivity index (χ4v) is 2.16. The molecule has 1 fully saturated rings. The monoisotopic (exact) mass is 269 g/mol. The van der Waals surface area contributed by atoms with Gasteiger partial charge in [-0.05, 0) is 25.0 Å². The summed E-state index contributed by atoms with van der Waals surface area (Å²) in [6, 6.07) is 4.26. The number of carbonyl (C=O) groups is 1. The molecule has 1 aliphatic carbocycles. The van der Waals surface area contributed by atoms with Gasteiger partial charge in [0.2, 0.25) is 0 Å². The first-order valence-corrected chi connectivity index (χ1v) is 6.06. The molecule has 0 heterocycles. The van der Waals surface area contributed by atoms with Crippen molar-refractivity contribution in [2.75, 3.05) is 0 Å². The highest BCUT2D eigenvalue weighted by Gasteiger charge is 2.24. The minimum absolute atomic E-state index is 0.142. The number of ketones is 1. The Labute approximate surface area is 109 Å². The number of hydrogen-bond acceptors (Lipinski definition) is 4. The van der Waals surface area contributed by atoms with E-state index >= 15 is 0 Å². The van der Waals surface area contributed by atoms with Crippen LogP contribution in [0.25, 0.3) is 0 Å². The molecule has 0 aromatic heterocycles. The minimum Gasteiger partial charge on any atom is -0.483 e. The zero-order chi connectivity index (χ0) is 13.1. The van der Waals surface area contributed by atoms with Crippen LogP contribution in [-0.2, 0) is 4.79 Å². The molecule has 1 aromatic rings. The SMILES string of the molecule is O=C1CCCC(Oc2ccc(Cl)cc2[N+](=O)[O-])C1. The van der Waals surface area contributed by atoms with Crippen LogP contribution in [0.4, 0.5) is 5.69 Å². The molecule has 1 saturated carbocycles. The van der Waals surface area contributed by atoms with Crippen LogP contribution in [0, 0.1) is 10.1 Å². The minimum atomic E-state index is -0.536. The van der Waals surface area contributed by atoms with E-state index in [-0.39, 0.29) is 28.3 Å². The first-order chi connectivity index (χ1) is 8.56. The highest BCUT2D eigenvalue weighted by molar-refractivity contribution is 6.30. The highest BCUT2D eigenvalue weighted by Crippen LogP contribution is 2.32. The number of hydrogen-bond donors (Lipinski definition) is 0. The Morgan fingerprint density at radius 2 is 2.22 bits per heavy atom. The second-order valence-corrected chi connectivity index (χ2v) is 4.68. The maximum absolute atomic E-state index is 11.3. The van der Waals surface area contributed by atoms with E-state index in [1.165, 1.54) is 18.2 Å². The van der Waals surface area contributed by atoms with Crippen LogP contribution in [-0.4, -0.2) is 16.8 Å². The lowest BCUT2D eigenvalue weighted by Crippen LogP contribution is -2.25. The summed E-state index contributed by atoms with van der Waals surface area (Å²) >= 11 is 5.71. The van der Waals surface area contributed by atoms with Crippen molar-refractivity contribution in [3.8, 4) is 5.75 Å². The first kappa shape index (κ1) is 12.8. The zero-order valence-corrected chi connectivity index (χ0v) is 10.4. The van der Waals surface area contributed by atoms with Gasteiger partial charge in [0.1, 0.15) is 11.9 Å². The van der Waals surface area contributed by atoms with Crippen molar-refractivity contribution in [2.45, 2.75) is 31.8 Å². The van der Waals surface area contributed by atoms with Crippen molar-refractivity contribution in [3.63, 3.8) is 0 Å². The van der Waals surface area contributed by atoms with Gasteiger partial charge in [0.25, 0.3) is 0 Å². The highest BCUT2D eigenvalue weighted by atomic mass is 35.5. The Hall–Kier alpha value is -1.62. The average molecular weight is 270 g/mol. The van der Waals surface area contributed by atoms with Crippen LogP contribution in [0.2, 0.25) is 5.02 Å². The number of nitrogens with zero attached hydrogens (tertiary/aromatic N) is 1. The molecule has 1 unspecified atom stereocenters. The summed E-state index contributed by atoms with van der Waals surface area (Å²) < 4.78 is 5.55. The van der Waals surface area contributed by atoms with E-state index in [2.05, 4.69) is 0 Å². The van der Waals surface area contributed by atoms with Gasteiger partial charge in [-0.2, -0.15) is 0 Å². The number of carbonyl (C=O) groups excluding carboxylic acids is 1. The Morgan fingerprint density at radius 3 is 2.89 bits per heavy atom. The van der Waals surface area contributed by atoms with E-state index in [1.54, 1.807) is 0 Å². The molecule has 18 heavy (non-hydrogen) atoms.